The standard InChI is InChI=1S/C29H33ClN4O3SeSi/c1-28(2,3)39(19-12-8-6-9-13-19,20-14-10-7-11-15-20)35-16-21-23-24(37-29(4,5)36-23)27(38-21)34-18-33-22-25(30)31-17-32-26(22)34/h6-15,17-18,21,23-24,27H,16H2,1-5H3/t21-,23-,24-,27-/m1/s1. The number of aromatic nitrogens is 4. The van der Waals surface area contributed by atoms with Crippen molar-refractivity contribution < 1.29 is 13.9 Å². The number of halogens is 1. The maximum atomic E-state index is 7.35. The molecule has 2 fully saturated rings. The van der Waals surface area contributed by atoms with Gasteiger partial charge in [0, 0.05) is 0 Å². The summed E-state index contributed by atoms with van der Waals surface area (Å²) >= 11 is 6.41. The number of benzene rings is 2. The Balaban J connectivity index is 1.38. The molecule has 0 saturated carbocycles. The molecular weight excluding hydrogens is 595 g/mol. The van der Waals surface area contributed by atoms with E-state index in [1.807, 2.05) is 20.2 Å². The van der Waals surface area contributed by atoms with Crippen LogP contribution in [0.5, 0.6) is 0 Å². The molecule has 2 saturated heterocycles. The molecule has 39 heavy (non-hydrogen) atoms. The molecule has 2 aromatic carbocycles. The molecule has 204 valence electrons. The van der Waals surface area contributed by atoms with Gasteiger partial charge in [-0.2, -0.15) is 0 Å². The average molecular weight is 628 g/mol. The van der Waals surface area contributed by atoms with Crippen LogP contribution in [0.3, 0.4) is 0 Å². The molecule has 10 heteroatoms. The molecule has 7 nitrogen and oxygen atoms in total. The Morgan fingerprint density at radius 3 is 2.18 bits per heavy atom. The van der Waals surface area contributed by atoms with E-state index >= 15 is 0 Å². The van der Waals surface area contributed by atoms with Gasteiger partial charge < -0.3 is 0 Å². The predicted molar refractivity (Wildman–Crippen MR) is 156 cm³/mol. The van der Waals surface area contributed by atoms with Crippen LogP contribution < -0.4 is 10.4 Å². The van der Waals surface area contributed by atoms with Crippen LogP contribution in [0.2, 0.25) is 15.0 Å². The van der Waals surface area contributed by atoms with Gasteiger partial charge in [0.2, 0.25) is 0 Å². The van der Waals surface area contributed by atoms with E-state index < -0.39 is 14.1 Å². The number of rotatable bonds is 6. The van der Waals surface area contributed by atoms with Gasteiger partial charge in [-0.25, -0.2) is 0 Å². The first-order chi connectivity index (χ1) is 18.6. The quantitative estimate of drug-likeness (QED) is 0.230. The van der Waals surface area contributed by atoms with E-state index in [1.54, 1.807) is 0 Å². The molecule has 0 spiro atoms. The summed E-state index contributed by atoms with van der Waals surface area (Å²) < 4.78 is 22.5. The summed E-state index contributed by atoms with van der Waals surface area (Å²) in [6, 6.07) is 21.5. The number of imidazole rings is 1. The Morgan fingerprint density at radius 2 is 1.56 bits per heavy atom. The predicted octanol–water partition coefficient (Wildman–Crippen LogP) is 4.58. The van der Waals surface area contributed by atoms with E-state index in [4.69, 9.17) is 25.5 Å². The Labute approximate surface area is 241 Å². The molecule has 0 N–H and O–H groups in total. The van der Waals surface area contributed by atoms with Gasteiger partial charge in [0.25, 0.3) is 0 Å². The van der Waals surface area contributed by atoms with Crippen LogP contribution in [0.4, 0.5) is 0 Å². The maximum absolute atomic E-state index is 7.35. The van der Waals surface area contributed by atoms with Crippen LogP contribution in [0.1, 0.15) is 39.6 Å². The van der Waals surface area contributed by atoms with Gasteiger partial charge in [-0.05, 0) is 0 Å². The van der Waals surface area contributed by atoms with Gasteiger partial charge in [-0.1, -0.05) is 0 Å². The summed E-state index contributed by atoms with van der Waals surface area (Å²) in [6.07, 6.45) is 3.09. The van der Waals surface area contributed by atoms with E-state index in [-0.39, 0.29) is 42.0 Å². The van der Waals surface area contributed by atoms with Crippen molar-refractivity contribution in [1.82, 2.24) is 19.5 Å². The molecule has 4 aromatic rings. The van der Waals surface area contributed by atoms with Gasteiger partial charge in [0.1, 0.15) is 0 Å². The first-order valence-corrected chi connectivity index (χ1v) is 17.5. The van der Waals surface area contributed by atoms with Crippen molar-refractivity contribution in [2.45, 2.75) is 67.4 Å². The monoisotopic (exact) mass is 628 g/mol. The van der Waals surface area contributed by atoms with E-state index in [2.05, 4.69) is 101 Å². The molecule has 0 amide bonds. The molecule has 0 bridgehead atoms. The van der Waals surface area contributed by atoms with Crippen molar-refractivity contribution in [3.8, 4) is 0 Å². The van der Waals surface area contributed by atoms with E-state index in [0.717, 1.165) is 5.65 Å². The van der Waals surface area contributed by atoms with Crippen LogP contribution in [-0.4, -0.2) is 67.4 Å². The third-order valence-corrected chi connectivity index (χ3v) is 16.1. The summed E-state index contributed by atoms with van der Waals surface area (Å²) in [5.41, 5.74) is 1.33. The zero-order chi connectivity index (χ0) is 27.4. The first kappa shape index (κ1) is 27.1. The topological polar surface area (TPSA) is 71.3 Å². The molecule has 0 unspecified atom stereocenters. The van der Waals surface area contributed by atoms with Gasteiger partial charge >= 0.3 is 242 Å². The molecular formula is C29H33ClN4O3SeSi. The molecule has 0 aliphatic carbocycles. The Hall–Kier alpha value is -2.10. The van der Waals surface area contributed by atoms with E-state index in [9.17, 15) is 0 Å². The number of hydrogen-bond donors (Lipinski definition) is 0. The third-order valence-electron chi connectivity index (χ3n) is 7.59. The Bertz CT molecular complexity index is 1420. The van der Waals surface area contributed by atoms with E-state index in [0.29, 0.717) is 17.3 Å². The number of ether oxygens (including phenoxy) is 2. The van der Waals surface area contributed by atoms with Crippen molar-refractivity contribution in [3.63, 3.8) is 0 Å². The zero-order valence-electron chi connectivity index (χ0n) is 22.7. The summed E-state index contributed by atoms with van der Waals surface area (Å²) in [7, 11) is -2.68. The van der Waals surface area contributed by atoms with Gasteiger partial charge in [-0.15, -0.1) is 0 Å². The first-order valence-electron chi connectivity index (χ1n) is 13.2. The molecule has 4 heterocycles. The Morgan fingerprint density at radius 1 is 0.949 bits per heavy atom. The molecule has 2 aliphatic heterocycles. The SMILES string of the molecule is CC1(C)O[C@@H]2[C@H](O1)[C@@H](CO[Si](c1ccccc1)(c1ccccc1)C(C)(C)C)[Se][C@H]2n1cnc2c(Cl)ncnc21. The van der Waals surface area contributed by atoms with Gasteiger partial charge in [0.05, 0.1) is 0 Å². The second-order valence-corrected chi connectivity index (χ2v) is 19.1. The zero-order valence-corrected chi connectivity index (χ0v) is 26.2. The van der Waals surface area contributed by atoms with Crippen LogP contribution in [0, 0.1) is 0 Å². The fraction of sp³-hybridized carbons (Fsp3) is 0.414. The molecule has 0 radical (unpaired) electrons. The van der Waals surface area contributed by atoms with Crippen LogP contribution in [-0.2, 0) is 13.9 Å². The minimum absolute atomic E-state index is 0.0491. The van der Waals surface area contributed by atoms with Crippen molar-refractivity contribution in [1.29, 1.82) is 0 Å². The molecule has 4 atom stereocenters. The summed E-state index contributed by atoms with van der Waals surface area (Å²) in [4.78, 5) is 13.4. The van der Waals surface area contributed by atoms with Crippen LogP contribution in [0.15, 0.2) is 73.3 Å². The Kier molecular flexibility index (Phi) is 6.99. The van der Waals surface area contributed by atoms with Crippen molar-refractivity contribution in [2.75, 3.05) is 6.61 Å². The van der Waals surface area contributed by atoms with Crippen molar-refractivity contribution >= 4 is 56.4 Å². The van der Waals surface area contributed by atoms with Gasteiger partial charge in [0.15, 0.2) is 0 Å². The normalized spacial score (nSPS) is 24.8. The number of hydrogen-bond acceptors (Lipinski definition) is 6. The fourth-order valence-electron chi connectivity index (χ4n) is 6.00. The summed E-state index contributed by atoms with van der Waals surface area (Å²) in [5, 5.41) is 2.81. The second kappa shape index (κ2) is 10.1. The van der Waals surface area contributed by atoms with E-state index in [1.165, 1.54) is 16.7 Å². The average Bonchev–Trinajstić information content (AvgIpc) is 3.56. The molecule has 6 rings (SSSR count). The molecule has 2 aliphatic rings. The number of nitrogens with zero attached hydrogens (tertiary/aromatic N) is 4. The minimum atomic E-state index is -2.68. The third kappa shape index (κ3) is 4.68. The van der Waals surface area contributed by atoms with Crippen LogP contribution >= 0.6 is 11.6 Å². The summed E-state index contributed by atoms with van der Waals surface area (Å²) in [6.45, 7) is 11.5. The fourth-order valence-corrected chi connectivity index (χ4v) is 14.2. The van der Waals surface area contributed by atoms with Crippen LogP contribution in [0.25, 0.3) is 11.2 Å². The van der Waals surface area contributed by atoms with Gasteiger partial charge in [-0.3, -0.25) is 0 Å². The second-order valence-electron chi connectivity index (χ2n) is 11.6. The summed E-state index contributed by atoms with van der Waals surface area (Å²) in [5.74, 6) is -0.678. The molecule has 2 aromatic heterocycles. The van der Waals surface area contributed by atoms with Crippen molar-refractivity contribution in [2.24, 2.45) is 0 Å². The van der Waals surface area contributed by atoms with Crippen molar-refractivity contribution in [3.05, 3.63) is 78.5 Å². The number of fused-ring (bicyclic) bond motifs is 2.